The molecule has 1 aliphatic rings. The number of rotatable bonds is 4. The van der Waals surface area contributed by atoms with E-state index in [2.05, 4.69) is 10.6 Å². The Morgan fingerprint density at radius 3 is 2.68 bits per heavy atom. The Morgan fingerprint density at radius 1 is 1.25 bits per heavy atom. The minimum atomic E-state index is -0.840. The van der Waals surface area contributed by atoms with Crippen LogP contribution in [0.25, 0.3) is 6.08 Å². The molecule has 0 unspecified atom stereocenters. The largest absolute Gasteiger partial charge is 0.506 e. The number of nitrogens with zero attached hydrogens (tertiary/aromatic N) is 1. The summed E-state index contributed by atoms with van der Waals surface area (Å²) in [6.45, 7) is -0.626. The molecular formula is C18H12Cl2FN3O4. The summed E-state index contributed by atoms with van der Waals surface area (Å²) in [5, 5.41) is 14.7. The lowest BCUT2D eigenvalue weighted by Gasteiger charge is -2.12. The van der Waals surface area contributed by atoms with Crippen molar-refractivity contribution in [2.75, 3.05) is 11.9 Å². The van der Waals surface area contributed by atoms with Crippen molar-refractivity contribution in [3.63, 3.8) is 0 Å². The number of imide groups is 1. The second-order valence-corrected chi connectivity index (χ2v) is 6.58. The smallest absolute Gasteiger partial charge is 0.329 e. The molecule has 2 aromatic rings. The third kappa shape index (κ3) is 4.08. The Bertz CT molecular complexity index is 1030. The summed E-state index contributed by atoms with van der Waals surface area (Å²) in [6.07, 6.45) is 1.18. The molecule has 0 aliphatic carbocycles. The van der Waals surface area contributed by atoms with Crippen LogP contribution in [-0.2, 0) is 9.59 Å². The molecule has 2 aromatic carbocycles. The van der Waals surface area contributed by atoms with E-state index < -0.39 is 30.2 Å². The molecule has 144 valence electrons. The van der Waals surface area contributed by atoms with Crippen molar-refractivity contribution in [2.45, 2.75) is 0 Å². The Kier molecular flexibility index (Phi) is 5.53. The second kappa shape index (κ2) is 7.87. The molecule has 10 heteroatoms. The zero-order valence-corrected chi connectivity index (χ0v) is 15.5. The number of phenolic OH excluding ortho intramolecular Hbond substituents is 1. The third-order valence-corrected chi connectivity index (χ3v) is 4.28. The summed E-state index contributed by atoms with van der Waals surface area (Å²) < 4.78 is 13.6. The first-order chi connectivity index (χ1) is 13.3. The maximum atomic E-state index is 13.6. The number of aromatic hydroxyl groups is 1. The van der Waals surface area contributed by atoms with E-state index in [0.29, 0.717) is 4.90 Å². The number of para-hydroxylation sites is 1. The van der Waals surface area contributed by atoms with Crippen molar-refractivity contribution in [1.29, 1.82) is 0 Å². The van der Waals surface area contributed by atoms with Gasteiger partial charge in [-0.25, -0.2) is 14.1 Å². The highest BCUT2D eigenvalue weighted by Crippen LogP contribution is 2.32. The van der Waals surface area contributed by atoms with Gasteiger partial charge in [0.15, 0.2) is 0 Å². The first-order valence-electron chi connectivity index (χ1n) is 7.83. The predicted octanol–water partition coefficient (Wildman–Crippen LogP) is 3.37. The topological polar surface area (TPSA) is 98.7 Å². The highest BCUT2D eigenvalue weighted by Gasteiger charge is 2.35. The van der Waals surface area contributed by atoms with E-state index in [0.717, 1.165) is 6.07 Å². The molecule has 0 bridgehead atoms. The van der Waals surface area contributed by atoms with E-state index >= 15 is 0 Å². The van der Waals surface area contributed by atoms with Crippen LogP contribution in [0.15, 0.2) is 42.1 Å². The molecule has 3 N–H and O–H groups in total. The predicted molar refractivity (Wildman–Crippen MR) is 101 cm³/mol. The maximum absolute atomic E-state index is 13.6. The van der Waals surface area contributed by atoms with Crippen LogP contribution in [0.3, 0.4) is 0 Å². The van der Waals surface area contributed by atoms with Gasteiger partial charge in [0.05, 0.1) is 10.7 Å². The normalized spacial score (nSPS) is 15.1. The molecule has 1 aliphatic heterocycles. The van der Waals surface area contributed by atoms with Gasteiger partial charge < -0.3 is 15.7 Å². The number of nitrogens with one attached hydrogen (secondary N) is 2. The van der Waals surface area contributed by atoms with E-state index in [1.165, 1.54) is 36.4 Å². The SMILES string of the molecule is O=C(CN1C(=O)N/C(=C/c2cc(Cl)cc(Cl)c2O)C1=O)Nc1ccccc1F. The molecule has 28 heavy (non-hydrogen) atoms. The average Bonchev–Trinajstić information content (AvgIpc) is 2.88. The number of halogens is 3. The number of hydrogen-bond acceptors (Lipinski definition) is 4. The molecule has 4 amide bonds. The Labute approximate surface area is 168 Å². The number of anilines is 1. The van der Waals surface area contributed by atoms with Crippen LogP contribution >= 0.6 is 23.2 Å². The lowest BCUT2D eigenvalue weighted by molar-refractivity contribution is -0.127. The van der Waals surface area contributed by atoms with Crippen molar-refractivity contribution in [3.05, 3.63) is 63.5 Å². The van der Waals surface area contributed by atoms with Gasteiger partial charge in [-0.1, -0.05) is 35.3 Å². The van der Waals surface area contributed by atoms with Crippen LogP contribution in [0, 0.1) is 5.82 Å². The Balaban J connectivity index is 1.77. The molecule has 0 atom stereocenters. The van der Waals surface area contributed by atoms with Crippen molar-refractivity contribution in [3.8, 4) is 5.75 Å². The monoisotopic (exact) mass is 423 g/mol. The highest BCUT2D eigenvalue weighted by molar-refractivity contribution is 6.36. The van der Waals surface area contributed by atoms with Crippen molar-refractivity contribution in [2.24, 2.45) is 0 Å². The number of amides is 4. The molecule has 1 fully saturated rings. The average molecular weight is 424 g/mol. The van der Waals surface area contributed by atoms with Gasteiger partial charge in [-0.2, -0.15) is 0 Å². The van der Waals surface area contributed by atoms with Crippen molar-refractivity contribution in [1.82, 2.24) is 10.2 Å². The van der Waals surface area contributed by atoms with Gasteiger partial charge in [0.1, 0.15) is 23.8 Å². The van der Waals surface area contributed by atoms with Crippen molar-refractivity contribution >= 4 is 52.8 Å². The van der Waals surface area contributed by atoms with Gasteiger partial charge >= 0.3 is 6.03 Å². The Hall–Kier alpha value is -3.10. The summed E-state index contributed by atoms with van der Waals surface area (Å²) in [7, 11) is 0. The van der Waals surface area contributed by atoms with E-state index in [9.17, 15) is 23.9 Å². The Morgan fingerprint density at radius 2 is 1.96 bits per heavy atom. The van der Waals surface area contributed by atoms with E-state index in [4.69, 9.17) is 23.2 Å². The second-order valence-electron chi connectivity index (χ2n) is 5.73. The summed E-state index contributed by atoms with van der Waals surface area (Å²) >= 11 is 11.7. The van der Waals surface area contributed by atoms with Crippen LogP contribution in [0.1, 0.15) is 5.56 Å². The molecule has 7 nitrogen and oxygen atoms in total. The van der Waals surface area contributed by atoms with E-state index in [-0.39, 0.29) is 32.7 Å². The molecule has 3 rings (SSSR count). The zero-order chi connectivity index (χ0) is 20.4. The van der Waals surface area contributed by atoms with Crippen LogP contribution in [0.2, 0.25) is 10.0 Å². The quantitative estimate of drug-likeness (QED) is 0.518. The fourth-order valence-electron chi connectivity index (χ4n) is 2.46. The van der Waals surface area contributed by atoms with Gasteiger partial charge in [0.25, 0.3) is 5.91 Å². The van der Waals surface area contributed by atoms with Crippen LogP contribution < -0.4 is 10.6 Å². The highest BCUT2D eigenvalue weighted by atomic mass is 35.5. The summed E-state index contributed by atoms with van der Waals surface area (Å²) in [6, 6.07) is 7.31. The number of carbonyl (C=O) groups is 3. The molecule has 0 radical (unpaired) electrons. The standard InChI is InChI=1S/C18H12Cl2FN3O4/c19-10-5-9(16(26)11(20)7-10)6-14-17(27)24(18(28)23-14)8-15(25)22-13-4-2-1-3-12(13)21/h1-7,26H,8H2,(H,22,25)(H,23,28)/b14-6+. The van der Waals surface area contributed by atoms with Crippen LogP contribution in [0.5, 0.6) is 5.75 Å². The number of carbonyl (C=O) groups excluding carboxylic acids is 3. The summed E-state index contributed by atoms with van der Waals surface area (Å²) in [4.78, 5) is 37.2. The number of phenols is 1. The number of hydrogen-bond donors (Lipinski definition) is 3. The zero-order valence-electron chi connectivity index (χ0n) is 14.0. The lowest BCUT2D eigenvalue weighted by Crippen LogP contribution is -2.38. The van der Waals surface area contributed by atoms with Crippen LogP contribution in [0.4, 0.5) is 14.9 Å². The van der Waals surface area contributed by atoms with E-state index in [1.54, 1.807) is 0 Å². The van der Waals surface area contributed by atoms with Gasteiger partial charge in [0, 0.05) is 10.6 Å². The van der Waals surface area contributed by atoms with E-state index in [1.807, 2.05) is 0 Å². The van der Waals surface area contributed by atoms with Gasteiger partial charge in [-0.3, -0.25) is 9.59 Å². The third-order valence-electron chi connectivity index (χ3n) is 3.77. The number of urea groups is 1. The number of benzene rings is 2. The summed E-state index contributed by atoms with van der Waals surface area (Å²) in [5.41, 5.74) is -0.148. The molecule has 1 saturated heterocycles. The fraction of sp³-hybridized carbons (Fsp3) is 0.0556. The van der Waals surface area contributed by atoms with Crippen molar-refractivity contribution < 1.29 is 23.9 Å². The molecular weight excluding hydrogens is 412 g/mol. The van der Waals surface area contributed by atoms with Crippen LogP contribution in [-0.4, -0.2) is 34.4 Å². The lowest BCUT2D eigenvalue weighted by atomic mass is 10.1. The fourth-order valence-corrected chi connectivity index (χ4v) is 2.97. The minimum Gasteiger partial charge on any atom is -0.506 e. The van der Waals surface area contributed by atoms with Gasteiger partial charge in [-0.15, -0.1) is 0 Å². The first-order valence-corrected chi connectivity index (χ1v) is 8.59. The first kappa shape index (κ1) is 19.7. The molecule has 0 saturated carbocycles. The van der Waals surface area contributed by atoms with Gasteiger partial charge in [-0.05, 0) is 30.3 Å². The molecule has 1 heterocycles. The molecule has 0 spiro atoms. The van der Waals surface area contributed by atoms with Gasteiger partial charge in [0.2, 0.25) is 5.91 Å². The minimum absolute atomic E-state index is 0.0303. The molecule has 0 aromatic heterocycles. The summed E-state index contributed by atoms with van der Waals surface area (Å²) in [5.74, 6) is -2.54. The maximum Gasteiger partial charge on any atom is 0.329 e.